The van der Waals surface area contributed by atoms with Gasteiger partial charge in [0.05, 0.1) is 13.2 Å². The molecular weight excluding hydrogens is 274 g/mol. The molecule has 1 aromatic rings. The number of carbonyl (C=O) groups is 1. The molecule has 0 aromatic heterocycles. The Morgan fingerprint density at radius 1 is 1.14 bits per heavy atom. The van der Waals surface area contributed by atoms with Crippen LogP contribution in [0.2, 0.25) is 0 Å². The lowest BCUT2D eigenvalue weighted by Crippen LogP contribution is -2.30. The molecule has 0 aliphatic rings. The number of carbonyl (C=O) groups excluding carboxylic acids is 1. The number of unbranched alkanes of at least 4 members (excludes halogenated alkanes) is 5. The zero-order valence-electron chi connectivity index (χ0n) is 13.8. The first-order valence-corrected chi connectivity index (χ1v) is 8.36. The van der Waals surface area contributed by atoms with Crippen LogP contribution in [-0.4, -0.2) is 17.6 Å². The summed E-state index contributed by atoms with van der Waals surface area (Å²) in [5.41, 5.74) is 1.09. The second kappa shape index (κ2) is 12.0. The molecule has 0 aliphatic heterocycles. The van der Waals surface area contributed by atoms with Crippen molar-refractivity contribution in [1.82, 2.24) is 5.06 Å². The minimum atomic E-state index is 0.0804. The van der Waals surface area contributed by atoms with Crippen molar-refractivity contribution >= 4 is 5.91 Å². The van der Waals surface area contributed by atoms with E-state index in [1.807, 2.05) is 43.3 Å². The molecule has 0 N–H and O–H groups in total. The van der Waals surface area contributed by atoms with Crippen LogP contribution in [0.25, 0.3) is 0 Å². The van der Waals surface area contributed by atoms with Crippen LogP contribution >= 0.6 is 0 Å². The largest absolute Gasteiger partial charge is 0.273 e. The number of hydrogen-bond acceptors (Lipinski definition) is 2. The van der Waals surface area contributed by atoms with Crippen LogP contribution in [-0.2, 0) is 16.2 Å². The lowest BCUT2D eigenvalue weighted by atomic mass is 10.1. The number of rotatable bonds is 12. The fourth-order valence-electron chi connectivity index (χ4n) is 2.33. The highest BCUT2D eigenvalue weighted by Crippen LogP contribution is 2.11. The van der Waals surface area contributed by atoms with E-state index in [4.69, 9.17) is 4.84 Å². The first-order valence-electron chi connectivity index (χ1n) is 8.36. The second-order valence-corrected chi connectivity index (χ2v) is 5.43. The van der Waals surface area contributed by atoms with E-state index in [9.17, 15) is 4.79 Å². The summed E-state index contributed by atoms with van der Waals surface area (Å²) in [4.78, 5) is 17.8. The van der Waals surface area contributed by atoms with Crippen molar-refractivity contribution in [2.75, 3.05) is 6.61 Å². The standard InChI is InChI=1S/C19H29NO2/c1-3-5-6-7-8-9-13-16-19(21)20(22-4-2)17-18-14-11-10-12-15-18/h3,10-12,14-15H,1,4-9,13,16-17H2,2H3. The van der Waals surface area contributed by atoms with Crippen molar-refractivity contribution < 1.29 is 9.63 Å². The molecule has 0 atom stereocenters. The van der Waals surface area contributed by atoms with Gasteiger partial charge in [-0.3, -0.25) is 9.63 Å². The summed E-state index contributed by atoms with van der Waals surface area (Å²) in [5.74, 6) is 0.0804. The SMILES string of the molecule is C=CCCCCCCCC(=O)N(Cc1ccccc1)OCC. The number of hydroxylamine groups is 2. The molecular formula is C19H29NO2. The van der Waals surface area contributed by atoms with Gasteiger partial charge in [-0.1, -0.05) is 55.7 Å². The minimum Gasteiger partial charge on any atom is -0.273 e. The number of benzene rings is 1. The Morgan fingerprint density at radius 3 is 2.50 bits per heavy atom. The highest BCUT2D eigenvalue weighted by Gasteiger charge is 2.13. The number of hydrogen-bond donors (Lipinski definition) is 0. The fraction of sp³-hybridized carbons (Fsp3) is 0.526. The number of amides is 1. The maximum absolute atomic E-state index is 12.3. The molecule has 3 heteroatoms. The summed E-state index contributed by atoms with van der Waals surface area (Å²) >= 11 is 0. The monoisotopic (exact) mass is 303 g/mol. The third-order valence-corrected chi connectivity index (χ3v) is 3.53. The predicted octanol–water partition coefficient (Wildman–Crippen LogP) is 4.88. The molecule has 0 fully saturated rings. The van der Waals surface area contributed by atoms with Crippen LogP contribution in [0.15, 0.2) is 43.0 Å². The molecule has 0 heterocycles. The highest BCUT2D eigenvalue weighted by atomic mass is 16.7. The molecule has 1 rings (SSSR count). The summed E-state index contributed by atoms with van der Waals surface area (Å²) in [6.07, 6.45) is 9.28. The van der Waals surface area contributed by atoms with Gasteiger partial charge in [-0.2, -0.15) is 0 Å². The summed E-state index contributed by atoms with van der Waals surface area (Å²) in [6, 6.07) is 9.96. The Hall–Kier alpha value is -1.61. The van der Waals surface area contributed by atoms with Crippen molar-refractivity contribution in [3.05, 3.63) is 48.6 Å². The van der Waals surface area contributed by atoms with Gasteiger partial charge in [-0.25, -0.2) is 5.06 Å². The highest BCUT2D eigenvalue weighted by molar-refractivity contribution is 5.75. The van der Waals surface area contributed by atoms with E-state index in [0.717, 1.165) is 24.8 Å². The van der Waals surface area contributed by atoms with Gasteiger partial charge in [-0.05, 0) is 31.7 Å². The number of nitrogens with zero attached hydrogens (tertiary/aromatic N) is 1. The summed E-state index contributed by atoms with van der Waals surface area (Å²) in [5, 5.41) is 1.51. The Bertz CT molecular complexity index is 417. The van der Waals surface area contributed by atoms with Gasteiger partial charge in [0.15, 0.2) is 0 Å². The van der Waals surface area contributed by atoms with E-state index < -0.39 is 0 Å². The Kier molecular flexibility index (Phi) is 10.0. The molecule has 22 heavy (non-hydrogen) atoms. The van der Waals surface area contributed by atoms with Gasteiger partial charge in [0.2, 0.25) is 5.91 Å². The van der Waals surface area contributed by atoms with Crippen LogP contribution in [0.1, 0.15) is 57.4 Å². The van der Waals surface area contributed by atoms with Gasteiger partial charge >= 0.3 is 0 Å². The Labute approximate surface area is 134 Å². The average Bonchev–Trinajstić information content (AvgIpc) is 2.54. The predicted molar refractivity (Wildman–Crippen MR) is 91.1 cm³/mol. The smallest absolute Gasteiger partial charge is 0.246 e. The van der Waals surface area contributed by atoms with Crippen LogP contribution in [0.4, 0.5) is 0 Å². The molecule has 0 aliphatic carbocycles. The lowest BCUT2D eigenvalue weighted by molar-refractivity contribution is -0.188. The maximum atomic E-state index is 12.3. The van der Waals surface area contributed by atoms with Crippen molar-refractivity contribution in [3.8, 4) is 0 Å². The fourth-order valence-corrected chi connectivity index (χ4v) is 2.33. The van der Waals surface area contributed by atoms with Crippen molar-refractivity contribution in [3.63, 3.8) is 0 Å². The van der Waals surface area contributed by atoms with Gasteiger partial charge < -0.3 is 0 Å². The first-order chi connectivity index (χ1) is 10.8. The van der Waals surface area contributed by atoms with E-state index in [0.29, 0.717) is 19.6 Å². The van der Waals surface area contributed by atoms with E-state index in [-0.39, 0.29) is 5.91 Å². The van der Waals surface area contributed by atoms with E-state index in [1.54, 1.807) is 0 Å². The molecule has 0 unspecified atom stereocenters. The zero-order valence-corrected chi connectivity index (χ0v) is 13.8. The van der Waals surface area contributed by atoms with Crippen LogP contribution in [0, 0.1) is 0 Å². The van der Waals surface area contributed by atoms with Crippen LogP contribution < -0.4 is 0 Å². The van der Waals surface area contributed by atoms with Crippen LogP contribution in [0.3, 0.4) is 0 Å². The maximum Gasteiger partial charge on any atom is 0.246 e. The van der Waals surface area contributed by atoms with Gasteiger partial charge in [0.25, 0.3) is 0 Å². The molecule has 1 amide bonds. The summed E-state index contributed by atoms with van der Waals surface area (Å²) in [7, 11) is 0. The molecule has 0 bridgehead atoms. The van der Waals surface area contributed by atoms with Crippen molar-refractivity contribution in [1.29, 1.82) is 0 Å². The molecule has 122 valence electrons. The lowest BCUT2D eigenvalue weighted by Gasteiger charge is -2.21. The quantitative estimate of drug-likeness (QED) is 0.313. The third-order valence-electron chi connectivity index (χ3n) is 3.53. The summed E-state index contributed by atoms with van der Waals surface area (Å²) in [6.45, 7) is 6.67. The Morgan fingerprint density at radius 2 is 1.82 bits per heavy atom. The van der Waals surface area contributed by atoms with Gasteiger partial charge in [-0.15, -0.1) is 6.58 Å². The second-order valence-electron chi connectivity index (χ2n) is 5.43. The van der Waals surface area contributed by atoms with E-state index >= 15 is 0 Å². The molecule has 0 spiro atoms. The minimum absolute atomic E-state index is 0.0804. The topological polar surface area (TPSA) is 29.5 Å². The molecule has 0 saturated heterocycles. The van der Waals surface area contributed by atoms with Gasteiger partial charge in [0, 0.05) is 6.42 Å². The summed E-state index contributed by atoms with van der Waals surface area (Å²) < 4.78 is 0. The zero-order chi connectivity index (χ0) is 16.0. The normalized spacial score (nSPS) is 10.4. The third kappa shape index (κ3) is 7.99. The molecule has 3 nitrogen and oxygen atoms in total. The Balaban J connectivity index is 2.28. The van der Waals surface area contributed by atoms with Crippen molar-refractivity contribution in [2.45, 2.75) is 58.4 Å². The van der Waals surface area contributed by atoms with Crippen molar-refractivity contribution in [2.24, 2.45) is 0 Å². The average molecular weight is 303 g/mol. The molecule has 0 saturated carbocycles. The number of allylic oxidation sites excluding steroid dienone is 1. The van der Waals surface area contributed by atoms with E-state index in [1.165, 1.54) is 24.3 Å². The van der Waals surface area contributed by atoms with Gasteiger partial charge in [0.1, 0.15) is 0 Å². The molecule has 0 radical (unpaired) electrons. The van der Waals surface area contributed by atoms with Crippen LogP contribution in [0.5, 0.6) is 0 Å². The van der Waals surface area contributed by atoms with E-state index in [2.05, 4.69) is 6.58 Å². The molecule has 1 aromatic carbocycles. The first kappa shape index (κ1) is 18.4.